The molecule has 1 aromatic carbocycles. The van der Waals surface area contributed by atoms with E-state index >= 15 is 0 Å². The van der Waals surface area contributed by atoms with Crippen LogP contribution in [-0.4, -0.2) is 39.9 Å². The first-order valence-corrected chi connectivity index (χ1v) is 17.5. The third-order valence-corrected chi connectivity index (χ3v) is 14.3. The van der Waals surface area contributed by atoms with Crippen LogP contribution >= 0.6 is 0 Å². The minimum Gasteiger partial charge on any atom is -0.497 e. The van der Waals surface area contributed by atoms with Crippen LogP contribution in [0.5, 0.6) is 5.75 Å². The lowest BCUT2D eigenvalue weighted by Gasteiger charge is -2.41. The average Bonchev–Trinajstić information content (AvgIpc) is 3.00. The average molecular weight is 531 g/mol. The standard InChI is InChI=1S/C32H54O4Si/c1-24-19-32(5,20-30(33)26-13-11-9-10-12-14-26)29(23-36-37(7,8)31(2,3)4)28(24)22-35-21-25-15-17-27(34-6)18-16-25/h13,15-18,24,28-30,33H,9-12,14,19-23H2,1-8H3/t24-,28+,29-,30?,32-/m0/s1. The molecule has 2 aliphatic rings. The van der Waals surface area contributed by atoms with Crippen molar-refractivity contribution in [3.05, 3.63) is 41.5 Å². The van der Waals surface area contributed by atoms with Gasteiger partial charge in [-0.15, -0.1) is 0 Å². The van der Waals surface area contributed by atoms with E-state index in [1.165, 1.54) is 30.4 Å². The van der Waals surface area contributed by atoms with E-state index in [9.17, 15) is 5.11 Å². The molecule has 5 heteroatoms. The molecule has 0 aliphatic heterocycles. The molecular weight excluding hydrogens is 476 g/mol. The Hall–Kier alpha value is -1.14. The van der Waals surface area contributed by atoms with Crippen molar-refractivity contribution < 1.29 is 19.0 Å². The fourth-order valence-electron chi connectivity index (χ4n) is 6.26. The molecule has 1 saturated carbocycles. The molecule has 4 nitrogen and oxygen atoms in total. The minimum absolute atomic E-state index is 0.0302. The van der Waals surface area contributed by atoms with Crippen molar-refractivity contribution in [3.63, 3.8) is 0 Å². The lowest BCUT2D eigenvalue weighted by Crippen LogP contribution is -2.44. The molecule has 1 N–H and O–H groups in total. The number of aliphatic hydroxyl groups excluding tert-OH is 1. The molecule has 0 bridgehead atoms. The van der Waals surface area contributed by atoms with Crippen LogP contribution in [0.25, 0.3) is 0 Å². The molecule has 0 radical (unpaired) electrons. The summed E-state index contributed by atoms with van der Waals surface area (Å²) in [5.74, 6) is 2.19. The molecule has 0 amide bonds. The van der Waals surface area contributed by atoms with Crippen molar-refractivity contribution >= 4 is 8.32 Å². The first kappa shape index (κ1) is 30.4. The fraction of sp³-hybridized carbons (Fsp3) is 0.750. The van der Waals surface area contributed by atoms with Crippen molar-refractivity contribution in [1.82, 2.24) is 0 Å². The second kappa shape index (κ2) is 12.8. The quantitative estimate of drug-likeness (QED) is 0.232. The van der Waals surface area contributed by atoms with Gasteiger partial charge >= 0.3 is 0 Å². The molecule has 210 valence electrons. The topological polar surface area (TPSA) is 47.9 Å². The Bertz CT molecular complexity index is 872. The van der Waals surface area contributed by atoms with E-state index in [0.717, 1.165) is 44.6 Å². The second-order valence-corrected chi connectivity index (χ2v) is 18.4. The lowest BCUT2D eigenvalue weighted by molar-refractivity contribution is 0.0164. The highest BCUT2D eigenvalue weighted by Gasteiger charge is 2.51. The second-order valence-electron chi connectivity index (χ2n) is 13.6. The molecule has 1 aromatic rings. The van der Waals surface area contributed by atoms with Gasteiger partial charge in [-0.1, -0.05) is 59.2 Å². The van der Waals surface area contributed by atoms with E-state index in [1.807, 2.05) is 12.1 Å². The van der Waals surface area contributed by atoms with Crippen LogP contribution in [0, 0.1) is 23.2 Å². The highest BCUT2D eigenvalue weighted by atomic mass is 28.4. The SMILES string of the molecule is COc1ccc(COC[C@@H]2[C@@H](C)C[C@@](C)(CC(O)C3=CCCCCC3)[C@H]2CO[Si](C)(C)C(C)(C)C)cc1. The third kappa shape index (κ3) is 7.94. The van der Waals surface area contributed by atoms with Crippen LogP contribution in [0.15, 0.2) is 35.9 Å². The van der Waals surface area contributed by atoms with Crippen LogP contribution in [0.3, 0.4) is 0 Å². The molecule has 5 atom stereocenters. The summed E-state index contributed by atoms with van der Waals surface area (Å²) in [6, 6.07) is 8.15. The Kier molecular flexibility index (Phi) is 10.5. The van der Waals surface area contributed by atoms with Gasteiger partial charge in [-0.25, -0.2) is 0 Å². The highest BCUT2D eigenvalue weighted by molar-refractivity contribution is 6.74. The van der Waals surface area contributed by atoms with Crippen LogP contribution in [0.1, 0.15) is 85.1 Å². The van der Waals surface area contributed by atoms with E-state index in [2.05, 4.69) is 65.9 Å². The fourth-order valence-corrected chi connectivity index (χ4v) is 7.29. The molecule has 1 unspecified atom stereocenters. The largest absolute Gasteiger partial charge is 0.497 e. The summed E-state index contributed by atoms with van der Waals surface area (Å²) in [6.07, 6.45) is 9.81. The summed E-state index contributed by atoms with van der Waals surface area (Å²) >= 11 is 0. The lowest BCUT2D eigenvalue weighted by atomic mass is 9.72. The van der Waals surface area contributed by atoms with Gasteiger partial charge in [0.1, 0.15) is 5.75 Å². The van der Waals surface area contributed by atoms with Gasteiger partial charge in [-0.3, -0.25) is 0 Å². The summed E-state index contributed by atoms with van der Waals surface area (Å²) < 4.78 is 18.5. The van der Waals surface area contributed by atoms with Crippen LogP contribution < -0.4 is 4.74 Å². The maximum Gasteiger partial charge on any atom is 0.191 e. The van der Waals surface area contributed by atoms with E-state index in [4.69, 9.17) is 13.9 Å². The predicted octanol–water partition coefficient (Wildman–Crippen LogP) is 8.15. The van der Waals surface area contributed by atoms with Crippen LogP contribution in [0.4, 0.5) is 0 Å². The first-order valence-electron chi connectivity index (χ1n) is 14.6. The number of hydrogen-bond donors (Lipinski definition) is 1. The van der Waals surface area contributed by atoms with E-state index in [-0.39, 0.29) is 16.6 Å². The Morgan fingerprint density at radius 1 is 1.08 bits per heavy atom. The molecule has 0 saturated heterocycles. The zero-order valence-corrected chi connectivity index (χ0v) is 25.9. The molecule has 0 heterocycles. The number of allylic oxidation sites excluding steroid dienone is 1. The normalized spacial score (nSPS) is 28.0. The minimum atomic E-state index is -1.88. The van der Waals surface area contributed by atoms with Gasteiger partial charge < -0.3 is 19.0 Å². The molecule has 0 spiro atoms. The Morgan fingerprint density at radius 2 is 1.78 bits per heavy atom. The number of hydrogen-bond acceptors (Lipinski definition) is 4. The third-order valence-electron chi connectivity index (χ3n) is 9.76. The van der Waals surface area contributed by atoms with Crippen molar-refractivity contribution in [2.45, 2.75) is 110 Å². The highest BCUT2D eigenvalue weighted by Crippen LogP contribution is 2.54. The van der Waals surface area contributed by atoms with E-state index in [1.54, 1.807) is 7.11 Å². The summed E-state index contributed by atoms with van der Waals surface area (Å²) in [4.78, 5) is 0. The van der Waals surface area contributed by atoms with Gasteiger partial charge in [-0.05, 0) is 103 Å². The summed E-state index contributed by atoms with van der Waals surface area (Å²) in [5, 5.41) is 11.6. The summed E-state index contributed by atoms with van der Waals surface area (Å²) in [5.41, 5.74) is 2.47. The predicted molar refractivity (Wildman–Crippen MR) is 156 cm³/mol. The van der Waals surface area contributed by atoms with Gasteiger partial charge in [0.05, 0.1) is 26.4 Å². The van der Waals surface area contributed by atoms with Gasteiger partial charge in [-0.2, -0.15) is 0 Å². The van der Waals surface area contributed by atoms with E-state index < -0.39 is 8.32 Å². The molecule has 2 aliphatic carbocycles. The number of rotatable bonds is 11. The first-order chi connectivity index (χ1) is 17.4. The summed E-state index contributed by atoms with van der Waals surface area (Å²) in [7, 11) is -0.191. The molecule has 3 rings (SSSR count). The van der Waals surface area contributed by atoms with Crippen LogP contribution in [0.2, 0.25) is 18.1 Å². The Labute approximate surface area is 228 Å². The number of methoxy groups -OCH3 is 1. The van der Waals surface area contributed by atoms with Crippen molar-refractivity contribution in [2.24, 2.45) is 23.2 Å². The molecule has 1 fully saturated rings. The molecule has 0 aromatic heterocycles. The van der Waals surface area contributed by atoms with E-state index in [0.29, 0.717) is 24.4 Å². The smallest absolute Gasteiger partial charge is 0.191 e. The van der Waals surface area contributed by atoms with Crippen molar-refractivity contribution in [2.75, 3.05) is 20.3 Å². The van der Waals surface area contributed by atoms with Gasteiger partial charge in [0, 0.05) is 6.61 Å². The van der Waals surface area contributed by atoms with Gasteiger partial charge in [0.2, 0.25) is 0 Å². The van der Waals surface area contributed by atoms with Gasteiger partial charge in [0.15, 0.2) is 8.32 Å². The zero-order chi connectivity index (χ0) is 27.3. The maximum absolute atomic E-state index is 11.4. The molecular formula is C32H54O4Si. The van der Waals surface area contributed by atoms with Crippen molar-refractivity contribution in [3.8, 4) is 5.75 Å². The monoisotopic (exact) mass is 530 g/mol. The van der Waals surface area contributed by atoms with Gasteiger partial charge in [0.25, 0.3) is 0 Å². The summed E-state index contributed by atoms with van der Waals surface area (Å²) in [6.45, 7) is 18.5. The van der Waals surface area contributed by atoms with Crippen LogP contribution in [-0.2, 0) is 15.8 Å². The number of ether oxygens (including phenoxy) is 2. The maximum atomic E-state index is 11.4. The Morgan fingerprint density at radius 3 is 2.43 bits per heavy atom. The number of aliphatic hydroxyl groups is 1. The number of benzene rings is 1. The van der Waals surface area contributed by atoms with Crippen molar-refractivity contribution in [1.29, 1.82) is 0 Å². The molecule has 37 heavy (non-hydrogen) atoms. The zero-order valence-electron chi connectivity index (χ0n) is 24.9. The Balaban J connectivity index is 1.74.